The number of para-hydroxylation sites is 2. The molecule has 186 valence electrons. The van der Waals surface area contributed by atoms with E-state index in [2.05, 4.69) is 15.3 Å². The summed E-state index contributed by atoms with van der Waals surface area (Å²) in [4.78, 5) is 27.8. The number of hydrogen-bond acceptors (Lipinski definition) is 7. The van der Waals surface area contributed by atoms with Gasteiger partial charge in [-0.25, -0.2) is 23.7 Å². The summed E-state index contributed by atoms with van der Waals surface area (Å²) in [5.74, 6) is 0.611. The first-order valence-electron chi connectivity index (χ1n) is 11.6. The van der Waals surface area contributed by atoms with Gasteiger partial charge in [-0.05, 0) is 24.3 Å². The number of carbonyl (C=O) groups excluding carboxylic acids is 1. The van der Waals surface area contributed by atoms with Gasteiger partial charge in [0.2, 0.25) is 0 Å². The molecule has 0 unspecified atom stereocenters. The smallest absolute Gasteiger partial charge is 0.296 e. The Labute approximate surface area is 205 Å². The minimum absolute atomic E-state index is 0.234. The first-order chi connectivity index (χ1) is 17.5. The Kier molecular flexibility index (Phi) is 6.83. The fourth-order valence-electron chi connectivity index (χ4n) is 4.11. The number of carbonyl (C=O) groups is 1. The number of fused-ring (bicyclic) bond motifs is 1. The first-order valence-corrected chi connectivity index (χ1v) is 11.6. The fourth-order valence-corrected chi connectivity index (χ4v) is 4.11. The number of halogens is 2. The third-order valence-electron chi connectivity index (χ3n) is 5.88. The maximum atomic E-state index is 14.0. The molecule has 5 rings (SSSR count). The lowest BCUT2D eigenvalue weighted by Crippen LogP contribution is -2.37. The van der Waals surface area contributed by atoms with Crippen molar-refractivity contribution >= 4 is 22.8 Å². The van der Waals surface area contributed by atoms with Crippen molar-refractivity contribution in [3.8, 4) is 17.2 Å². The van der Waals surface area contributed by atoms with Crippen molar-refractivity contribution in [1.29, 1.82) is 0 Å². The van der Waals surface area contributed by atoms with Gasteiger partial charge >= 0.3 is 0 Å². The Morgan fingerprint density at radius 1 is 1.03 bits per heavy atom. The number of hydrogen-bond donors (Lipinski definition) is 2. The summed E-state index contributed by atoms with van der Waals surface area (Å²) >= 11 is 0. The van der Waals surface area contributed by atoms with Crippen LogP contribution in [0.1, 0.15) is 22.6 Å². The predicted octanol–water partition coefficient (Wildman–Crippen LogP) is 2.95. The molecule has 1 aliphatic rings. The van der Waals surface area contributed by atoms with E-state index >= 15 is 0 Å². The Morgan fingerprint density at radius 3 is 2.47 bits per heavy atom. The van der Waals surface area contributed by atoms with Gasteiger partial charge in [-0.3, -0.25) is 9.36 Å². The molecule has 1 amide bonds. The summed E-state index contributed by atoms with van der Waals surface area (Å²) in [6.07, 6.45) is -2.80. The number of rotatable bonds is 7. The molecule has 0 spiro atoms. The van der Waals surface area contributed by atoms with Crippen molar-refractivity contribution < 1.29 is 18.3 Å². The Morgan fingerprint density at radius 2 is 1.75 bits per heavy atom. The summed E-state index contributed by atoms with van der Waals surface area (Å²) in [5, 5.41) is 2.73. The molecular weight excluding hydrogens is 468 g/mol. The number of imidazole rings is 1. The molecule has 0 aliphatic carbocycles. The monoisotopic (exact) mass is 493 g/mol. The van der Waals surface area contributed by atoms with Crippen LogP contribution in [0.15, 0.2) is 54.6 Å². The molecule has 0 bridgehead atoms. The third kappa shape index (κ3) is 4.75. The van der Waals surface area contributed by atoms with Gasteiger partial charge in [0.05, 0.1) is 24.2 Å². The van der Waals surface area contributed by atoms with Crippen LogP contribution in [-0.4, -0.2) is 64.8 Å². The van der Waals surface area contributed by atoms with E-state index in [1.54, 1.807) is 54.6 Å². The van der Waals surface area contributed by atoms with E-state index in [1.165, 1.54) is 4.57 Å². The number of anilines is 1. The number of nitrogens with two attached hydrogens (primary N) is 1. The average Bonchev–Trinajstić information content (AvgIpc) is 3.32. The summed E-state index contributed by atoms with van der Waals surface area (Å²) in [5.41, 5.74) is 7.54. The standard InChI is InChI=1S/C25H25F2N7O2/c26-22(27)24-30-18-3-1-2-4-19(18)34(24)21-15-20(33-11-13-36-14-12-33)31-23(32-21)16-5-7-17(8-6-16)25(35)29-10-9-28/h1-8,15,22H,9-14,28H2,(H,29,35). The molecule has 3 N–H and O–H groups in total. The number of nitrogens with zero attached hydrogens (tertiary/aromatic N) is 5. The number of alkyl halides is 2. The van der Waals surface area contributed by atoms with Crippen LogP contribution in [0.25, 0.3) is 28.2 Å². The minimum atomic E-state index is -2.80. The highest BCUT2D eigenvalue weighted by Gasteiger charge is 2.23. The summed E-state index contributed by atoms with van der Waals surface area (Å²) in [6, 6.07) is 15.5. The lowest BCUT2D eigenvalue weighted by Gasteiger charge is -2.28. The summed E-state index contributed by atoms with van der Waals surface area (Å²) in [6.45, 7) is 3.03. The SMILES string of the molecule is NCCNC(=O)c1ccc(-c2nc(N3CCOCC3)cc(-n3c(C(F)F)nc4ccccc43)n2)cc1. The Bertz CT molecular complexity index is 1370. The molecule has 9 nitrogen and oxygen atoms in total. The number of nitrogens with one attached hydrogen (secondary N) is 1. The molecule has 36 heavy (non-hydrogen) atoms. The fraction of sp³-hybridized carbons (Fsp3) is 0.280. The second-order valence-corrected chi connectivity index (χ2v) is 8.22. The second kappa shape index (κ2) is 10.3. The largest absolute Gasteiger partial charge is 0.378 e. The van der Waals surface area contributed by atoms with Crippen molar-refractivity contribution in [1.82, 2.24) is 24.8 Å². The van der Waals surface area contributed by atoms with Crippen molar-refractivity contribution in [3.63, 3.8) is 0 Å². The average molecular weight is 494 g/mol. The van der Waals surface area contributed by atoms with Crippen LogP contribution >= 0.6 is 0 Å². The zero-order chi connectivity index (χ0) is 25.1. The topological polar surface area (TPSA) is 111 Å². The molecule has 11 heteroatoms. The second-order valence-electron chi connectivity index (χ2n) is 8.22. The van der Waals surface area contributed by atoms with Crippen LogP contribution < -0.4 is 16.0 Å². The molecule has 3 heterocycles. The highest BCUT2D eigenvalue weighted by Crippen LogP contribution is 2.30. The molecule has 0 radical (unpaired) electrons. The number of ether oxygens (including phenoxy) is 1. The molecule has 4 aromatic rings. The van der Waals surface area contributed by atoms with E-state index in [9.17, 15) is 13.6 Å². The van der Waals surface area contributed by atoms with Crippen LogP contribution in [0.2, 0.25) is 0 Å². The number of amides is 1. The zero-order valence-corrected chi connectivity index (χ0v) is 19.4. The van der Waals surface area contributed by atoms with Gasteiger partial charge in [0.1, 0.15) is 11.6 Å². The van der Waals surface area contributed by atoms with Crippen LogP contribution in [-0.2, 0) is 4.74 Å². The van der Waals surface area contributed by atoms with Crippen LogP contribution in [0.5, 0.6) is 0 Å². The minimum Gasteiger partial charge on any atom is -0.378 e. The van der Waals surface area contributed by atoms with Gasteiger partial charge in [-0.15, -0.1) is 0 Å². The molecule has 0 atom stereocenters. The molecule has 2 aromatic heterocycles. The Hall–Kier alpha value is -3.96. The van der Waals surface area contributed by atoms with E-state index in [1.807, 2.05) is 4.90 Å². The van der Waals surface area contributed by atoms with Gasteiger partial charge in [-0.1, -0.05) is 24.3 Å². The quantitative estimate of drug-likeness (QED) is 0.407. The summed E-state index contributed by atoms with van der Waals surface area (Å²) in [7, 11) is 0. The highest BCUT2D eigenvalue weighted by atomic mass is 19.3. The van der Waals surface area contributed by atoms with Crippen molar-refractivity contribution in [3.05, 3.63) is 66.0 Å². The molecule has 1 saturated heterocycles. The highest BCUT2D eigenvalue weighted by molar-refractivity contribution is 5.94. The maximum absolute atomic E-state index is 14.0. The normalized spacial score (nSPS) is 13.9. The molecular formula is C25H25F2N7O2. The summed E-state index contributed by atoms with van der Waals surface area (Å²) < 4.78 is 34.9. The van der Waals surface area contributed by atoms with Gasteiger partial charge in [0, 0.05) is 43.4 Å². The van der Waals surface area contributed by atoms with E-state index < -0.39 is 6.43 Å². The first kappa shape index (κ1) is 23.8. The maximum Gasteiger partial charge on any atom is 0.296 e. The lowest BCUT2D eigenvalue weighted by molar-refractivity contribution is 0.0954. The number of benzene rings is 2. The van der Waals surface area contributed by atoms with Crippen molar-refractivity contribution in [2.45, 2.75) is 6.43 Å². The lowest BCUT2D eigenvalue weighted by atomic mass is 10.1. The van der Waals surface area contributed by atoms with Crippen LogP contribution in [0.3, 0.4) is 0 Å². The number of morpholine rings is 1. The molecule has 2 aromatic carbocycles. The van der Waals surface area contributed by atoms with Gasteiger partial charge in [-0.2, -0.15) is 0 Å². The third-order valence-corrected chi connectivity index (χ3v) is 5.88. The van der Waals surface area contributed by atoms with Crippen LogP contribution in [0.4, 0.5) is 14.6 Å². The van der Waals surface area contributed by atoms with Gasteiger partial charge < -0.3 is 20.7 Å². The number of aromatic nitrogens is 4. The van der Waals surface area contributed by atoms with E-state index in [0.29, 0.717) is 73.2 Å². The van der Waals surface area contributed by atoms with E-state index in [4.69, 9.17) is 15.5 Å². The van der Waals surface area contributed by atoms with Crippen LogP contribution in [0, 0.1) is 0 Å². The predicted molar refractivity (Wildman–Crippen MR) is 131 cm³/mol. The molecule has 0 saturated carbocycles. The molecule has 1 fully saturated rings. The van der Waals surface area contributed by atoms with Crippen molar-refractivity contribution in [2.75, 3.05) is 44.3 Å². The molecule has 1 aliphatic heterocycles. The van der Waals surface area contributed by atoms with E-state index in [0.717, 1.165) is 0 Å². The zero-order valence-electron chi connectivity index (χ0n) is 19.4. The Balaban J connectivity index is 1.62. The van der Waals surface area contributed by atoms with Gasteiger partial charge in [0.15, 0.2) is 11.6 Å². The van der Waals surface area contributed by atoms with Gasteiger partial charge in [0.25, 0.3) is 12.3 Å². The van der Waals surface area contributed by atoms with Crippen molar-refractivity contribution in [2.24, 2.45) is 5.73 Å². The van der Waals surface area contributed by atoms with E-state index in [-0.39, 0.29) is 17.5 Å².